The lowest BCUT2D eigenvalue weighted by molar-refractivity contribution is -0.0264. The summed E-state index contributed by atoms with van der Waals surface area (Å²) in [5.74, 6) is 1.61. The number of nitrogens with zero attached hydrogens (tertiary/aromatic N) is 2. The van der Waals surface area contributed by atoms with E-state index in [2.05, 4.69) is 9.88 Å². The van der Waals surface area contributed by atoms with Crippen LogP contribution in [0.3, 0.4) is 0 Å². The van der Waals surface area contributed by atoms with Crippen LogP contribution in [0.5, 0.6) is 0 Å². The number of nitrogens with two attached hydrogens (primary N) is 1. The first kappa shape index (κ1) is 13.8. The number of thiophene rings is 1. The minimum atomic E-state index is 0.132. The highest BCUT2D eigenvalue weighted by Gasteiger charge is 2.21. The molecule has 0 radical (unpaired) electrons. The molecule has 2 aromatic heterocycles. The SMILES string of the molecule is Cc1oc(-c2cccs2)nc1CN1CCOC(CN)C1. The molecule has 2 N–H and O–H groups in total. The largest absolute Gasteiger partial charge is 0.440 e. The van der Waals surface area contributed by atoms with Crippen molar-refractivity contribution in [1.82, 2.24) is 9.88 Å². The second kappa shape index (κ2) is 6.05. The Morgan fingerprint density at radius 2 is 2.45 bits per heavy atom. The monoisotopic (exact) mass is 293 g/mol. The molecule has 3 heterocycles. The maximum absolute atomic E-state index is 5.77. The first-order valence-electron chi connectivity index (χ1n) is 6.80. The molecule has 1 atom stereocenters. The summed E-state index contributed by atoms with van der Waals surface area (Å²) in [6.45, 7) is 5.83. The highest BCUT2D eigenvalue weighted by molar-refractivity contribution is 7.13. The smallest absolute Gasteiger partial charge is 0.236 e. The van der Waals surface area contributed by atoms with Crippen molar-refractivity contribution in [3.05, 3.63) is 29.0 Å². The normalized spacial score (nSPS) is 20.4. The maximum atomic E-state index is 5.77. The van der Waals surface area contributed by atoms with E-state index in [-0.39, 0.29) is 6.10 Å². The molecular formula is C14H19N3O2S. The van der Waals surface area contributed by atoms with E-state index in [0.717, 1.165) is 48.5 Å². The number of oxazole rings is 1. The van der Waals surface area contributed by atoms with Gasteiger partial charge in [0.2, 0.25) is 5.89 Å². The van der Waals surface area contributed by atoms with E-state index >= 15 is 0 Å². The zero-order valence-electron chi connectivity index (χ0n) is 11.5. The van der Waals surface area contributed by atoms with Crippen LogP contribution < -0.4 is 5.73 Å². The number of rotatable bonds is 4. The van der Waals surface area contributed by atoms with E-state index in [0.29, 0.717) is 6.54 Å². The second-order valence-electron chi connectivity index (χ2n) is 4.96. The van der Waals surface area contributed by atoms with E-state index in [1.807, 2.05) is 24.4 Å². The van der Waals surface area contributed by atoms with Gasteiger partial charge in [-0.2, -0.15) is 0 Å². The van der Waals surface area contributed by atoms with Crippen LogP contribution in [0.4, 0.5) is 0 Å². The number of aromatic nitrogens is 1. The van der Waals surface area contributed by atoms with Crippen molar-refractivity contribution >= 4 is 11.3 Å². The van der Waals surface area contributed by atoms with Gasteiger partial charge in [-0.1, -0.05) is 6.07 Å². The van der Waals surface area contributed by atoms with E-state index in [9.17, 15) is 0 Å². The predicted molar refractivity (Wildman–Crippen MR) is 78.6 cm³/mol. The quantitative estimate of drug-likeness (QED) is 0.932. The van der Waals surface area contributed by atoms with Gasteiger partial charge in [0.05, 0.1) is 23.3 Å². The summed E-state index contributed by atoms with van der Waals surface area (Å²) in [6.07, 6.45) is 0.132. The highest BCUT2D eigenvalue weighted by Crippen LogP contribution is 2.26. The summed E-state index contributed by atoms with van der Waals surface area (Å²) < 4.78 is 11.4. The Labute approximate surface area is 122 Å². The highest BCUT2D eigenvalue weighted by atomic mass is 32.1. The lowest BCUT2D eigenvalue weighted by Gasteiger charge is -2.31. The van der Waals surface area contributed by atoms with Crippen LogP contribution in [0, 0.1) is 6.92 Å². The van der Waals surface area contributed by atoms with E-state index < -0.39 is 0 Å². The molecule has 0 aliphatic carbocycles. The topological polar surface area (TPSA) is 64.5 Å². The third-order valence-electron chi connectivity index (χ3n) is 3.48. The number of hydrogen-bond donors (Lipinski definition) is 1. The third kappa shape index (κ3) is 2.93. The first-order chi connectivity index (χ1) is 9.76. The van der Waals surface area contributed by atoms with Gasteiger partial charge in [-0.3, -0.25) is 4.90 Å². The van der Waals surface area contributed by atoms with Crippen molar-refractivity contribution in [1.29, 1.82) is 0 Å². The molecule has 3 rings (SSSR count). The Morgan fingerprint density at radius 3 is 3.20 bits per heavy atom. The third-order valence-corrected chi connectivity index (χ3v) is 4.34. The molecule has 0 amide bonds. The summed E-state index contributed by atoms with van der Waals surface area (Å²) in [6, 6.07) is 4.03. The first-order valence-corrected chi connectivity index (χ1v) is 7.68. The molecule has 2 aromatic rings. The number of hydrogen-bond acceptors (Lipinski definition) is 6. The molecule has 1 unspecified atom stereocenters. The van der Waals surface area contributed by atoms with Crippen LogP contribution >= 0.6 is 11.3 Å². The molecule has 1 saturated heterocycles. The van der Waals surface area contributed by atoms with Crippen molar-refractivity contribution in [2.24, 2.45) is 5.73 Å². The molecule has 20 heavy (non-hydrogen) atoms. The Balaban J connectivity index is 1.71. The van der Waals surface area contributed by atoms with Gasteiger partial charge in [-0.15, -0.1) is 11.3 Å². The minimum Gasteiger partial charge on any atom is -0.440 e. The average molecular weight is 293 g/mol. The molecule has 5 nitrogen and oxygen atoms in total. The standard InChI is InChI=1S/C14H19N3O2S/c1-10-12(9-17-4-5-18-11(7-15)8-17)16-14(19-10)13-3-2-6-20-13/h2-3,6,11H,4-5,7-9,15H2,1H3. The van der Waals surface area contributed by atoms with Gasteiger partial charge >= 0.3 is 0 Å². The van der Waals surface area contributed by atoms with Crippen LogP contribution in [0.2, 0.25) is 0 Å². The van der Waals surface area contributed by atoms with Gasteiger partial charge in [0.1, 0.15) is 5.76 Å². The molecule has 108 valence electrons. The van der Waals surface area contributed by atoms with Crippen molar-refractivity contribution in [2.75, 3.05) is 26.2 Å². The summed E-state index contributed by atoms with van der Waals surface area (Å²) in [7, 11) is 0. The van der Waals surface area contributed by atoms with Crippen LogP contribution in [0.1, 0.15) is 11.5 Å². The summed E-state index contributed by atoms with van der Waals surface area (Å²) >= 11 is 1.64. The van der Waals surface area contributed by atoms with Gasteiger partial charge in [-0.25, -0.2) is 4.98 Å². The Morgan fingerprint density at radius 1 is 1.55 bits per heavy atom. The van der Waals surface area contributed by atoms with Crippen LogP contribution in [0.15, 0.2) is 21.9 Å². The fraction of sp³-hybridized carbons (Fsp3) is 0.500. The summed E-state index contributed by atoms with van der Waals surface area (Å²) in [5.41, 5.74) is 6.68. The maximum Gasteiger partial charge on any atom is 0.236 e. The van der Waals surface area contributed by atoms with Crippen molar-refractivity contribution in [2.45, 2.75) is 19.6 Å². The number of ether oxygens (including phenoxy) is 1. The van der Waals surface area contributed by atoms with E-state index in [4.69, 9.17) is 14.9 Å². The fourth-order valence-electron chi connectivity index (χ4n) is 2.36. The zero-order valence-corrected chi connectivity index (χ0v) is 12.4. The Hall–Kier alpha value is -1.21. The summed E-state index contributed by atoms with van der Waals surface area (Å²) in [4.78, 5) is 8.02. The van der Waals surface area contributed by atoms with Gasteiger partial charge < -0.3 is 14.9 Å². The lowest BCUT2D eigenvalue weighted by Crippen LogP contribution is -2.45. The Kier molecular flexibility index (Phi) is 4.16. The van der Waals surface area contributed by atoms with Crippen molar-refractivity contribution in [3.8, 4) is 10.8 Å². The molecule has 6 heteroatoms. The zero-order chi connectivity index (χ0) is 13.9. The number of aryl methyl sites for hydroxylation is 1. The molecule has 0 spiro atoms. The molecule has 1 aliphatic heterocycles. The molecule has 0 saturated carbocycles. The molecule has 0 aromatic carbocycles. The van der Waals surface area contributed by atoms with E-state index in [1.165, 1.54) is 0 Å². The van der Waals surface area contributed by atoms with Gasteiger partial charge in [0.25, 0.3) is 0 Å². The molecule has 1 fully saturated rings. The van der Waals surface area contributed by atoms with Crippen LogP contribution in [0.25, 0.3) is 10.8 Å². The fourth-order valence-corrected chi connectivity index (χ4v) is 3.01. The van der Waals surface area contributed by atoms with Crippen LogP contribution in [-0.2, 0) is 11.3 Å². The van der Waals surface area contributed by atoms with Crippen molar-refractivity contribution in [3.63, 3.8) is 0 Å². The molecule has 1 aliphatic rings. The molecule has 0 bridgehead atoms. The van der Waals surface area contributed by atoms with Gasteiger partial charge in [-0.05, 0) is 18.4 Å². The lowest BCUT2D eigenvalue weighted by atomic mass is 10.2. The minimum absolute atomic E-state index is 0.132. The summed E-state index contributed by atoms with van der Waals surface area (Å²) in [5, 5.41) is 2.03. The van der Waals surface area contributed by atoms with Crippen molar-refractivity contribution < 1.29 is 9.15 Å². The molecular weight excluding hydrogens is 274 g/mol. The van der Waals surface area contributed by atoms with E-state index in [1.54, 1.807) is 11.3 Å². The Bertz CT molecular complexity index is 553. The van der Waals surface area contributed by atoms with Gasteiger partial charge in [0, 0.05) is 26.2 Å². The number of morpholine rings is 1. The van der Waals surface area contributed by atoms with Gasteiger partial charge in [0.15, 0.2) is 0 Å². The van der Waals surface area contributed by atoms with Crippen LogP contribution in [-0.4, -0.2) is 42.2 Å². The average Bonchev–Trinajstić information content (AvgIpc) is 3.10. The second-order valence-corrected chi connectivity index (χ2v) is 5.91. The predicted octanol–water partition coefficient (Wildman–Crippen LogP) is 1.87.